The van der Waals surface area contributed by atoms with Crippen LogP contribution in [0.15, 0.2) is 24.3 Å². The minimum absolute atomic E-state index is 0.168. The highest BCUT2D eigenvalue weighted by atomic mass is 16.2. The van der Waals surface area contributed by atoms with Gasteiger partial charge in [-0.3, -0.25) is 0 Å². The van der Waals surface area contributed by atoms with Crippen LogP contribution in [0.1, 0.15) is 43.2 Å². The second-order valence-corrected chi connectivity index (χ2v) is 7.26. The number of aryl methyl sites for hydroxylation is 3. The van der Waals surface area contributed by atoms with Crippen molar-refractivity contribution in [2.45, 2.75) is 58.7 Å². The summed E-state index contributed by atoms with van der Waals surface area (Å²) in [5.74, 6) is 2.88. The summed E-state index contributed by atoms with van der Waals surface area (Å²) >= 11 is 0. The van der Waals surface area contributed by atoms with Gasteiger partial charge in [-0.1, -0.05) is 18.6 Å². The number of hydrogen-bond acceptors (Lipinski definition) is 4. The molecule has 1 aliphatic heterocycles. The van der Waals surface area contributed by atoms with Crippen molar-refractivity contribution >= 4 is 17.1 Å². The molecule has 2 aromatic heterocycles. The molecule has 0 radical (unpaired) electrons. The van der Waals surface area contributed by atoms with Crippen LogP contribution in [0.2, 0.25) is 0 Å². The SMILES string of the molecule is Cc1nc2ccccc2n1CCCNC(=O)NCc1nnc2n1CCCCC2. The minimum Gasteiger partial charge on any atom is -0.338 e. The van der Waals surface area contributed by atoms with E-state index in [-0.39, 0.29) is 6.03 Å². The lowest BCUT2D eigenvalue weighted by Crippen LogP contribution is -2.36. The van der Waals surface area contributed by atoms with E-state index >= 15 is 0 Å². The zero-order chi connectivity index (χ0) is 19.3. The summed E-state index contributed by atoms with van der Waals surface area (Å²) in [6.07, 6.45) is 5.35. The maximum Gasteiger partial charge on any atom is 0.315 e. The third kappa shape index (κ3) is 4.00. The molecular weight excluding hydrogens is 354 g/mol. The number of urea groups is 1. The van der Waals surface area contributed by atoms with Crippen LogP contribution >= 0.6 is 0 Å². The normalized spacial score (nSPS) is 13.9. The van der Waals surface area contributed by atoms with E-state index in [0.29, 0.717) is 13.1 Å². The Hall–Kier alpha value is -2.90. The molecule has 3 aromatic rings. The van der Waals surface area contributed by atoms with E-state index in [2.05, 4.69) is 41.0 Å². The summed E-state index contributed by atoms with van der Waals surface area (Å²) < 4.78 is 4.35. The summed E-state index contributed by atoms with van der Waals surface area (Å²) in [6.45, 7) is 4.80. The number of hydrogen-bond donors (Lipinski definition) is 2. The number of amides is 2. The first-order valence-corrected chi connectivity index (χ1v) is 10.1. The molecule has 0 unspecified atom stereocenters. The van der Waals surface area contributed by atoms with E-state index < -0.39 is 0 Å². The molecule has 148 valence electrons. The van der Waals surface area contributed by atoms with Gasteiger partial charge in [0.15, 0.2) is 5.82 Å². The number of carbonyl (C=O) groups is 1. The summed E-state index contributed by atoms with van der Waals surface area (Å²) in [7, 11) is 0. The number of nitrogens with one attached hydrogen (secondary N) is 2. The van der Waals surface area contributed by atoms with Crippen molar-refractivity contribution in [3.8, 4) is 0 Å². The molecule has 0 fully saturated rings. The molecule has 0 spiro atoms. The maximum atomic E-state index is 12.1. The Morgan fingerprint density at radius 3 is 2.96 bits per heavy atom. The fraction of sp³-hybridized carbons (Fsp3) is 0.500. The zero-order valence-electron chi connectivity index (χ0n) is 16.3. The van der Waals surface area contributed by atoms with Crippen molar-refractivity contribution in [2.75, 3.05) is 6.54 Å². The molecule has 2 amide bonds. The van der Waals surface area contributed by atoms with Gasteiger partial charge in [0, 0.05) is 26.1 Å². The first kappa shape index (κ1) is 18.5. The topological polar surface area (TPSA) is 89.7 Å². The number of nitrogens with zero attached hydrogens (tertiary/aromatic N) is 5. The lowest BCUT2D eigenvalue weighted by molar-refractivity contribution is 0.239. The van der Waals surface area contributed by atoms with Crippen LogP contribution in [0.3, 0.4) is 0 Å². The van der Waals surface area contributed by atoms with Crippen molar-refractivity contribution in [1.82, 2.24) is 34.9 Å². The van der Waals surface area contributed by atoms with Gasteiger partial charge in [0.05, 0.1) is 17.6 Å². The Labute approximate surface area is 164 Å². The number of imidazole rings is 1. The number of aromatic nitrogens is 5. The quantitative estimate of drug-likeness (QED) is 0.642. The van der Waals surface area contributed by atoms with Crippen LogP contribution in [-0.4, -0.2) is 36.9 Å². The van der Waals surface area contributed by atoms with E-state index in [4.69, 9.17) is 0 Å². The Kier molecular flexibility index (Phi) is 5.55. The second-order valence-electron chi connectivity index (χ2n) is 7.26. The molecule has 3 heterocycles. The Morgan fingerprint density at radius 2 is 2.04 bits per heavy atom. The lowest BCUT2D eigenvalue weighted by Gasteiger charge is -2.10. The fourth-order valence-corrected chi connectivity index (χ4v) is 3.82. The standard InChI is InChI=1S/C20H27N7O/c1-15-23-16-8-4-5-9-17(16)26(15)13-7-11-21-20(28)22-14-19-25-24-18-10-3-2-6-12-27(18)19/h4-5,8-9H,2-3,6-7,10-14H2,1H3,(H2,21,22,28). The summed E-state index contributed by atoms with van der Waals surface area (Å²) in [5, 5.41) is 14.3. The molecule has 8 heteroatoms. The van der Waals surface area contributed by atoms with E-state index in [1.165, 1.54) is 6.42 Å². The molecule has 0 aliphatic carbocycles. The van der Waals surface area contributed by atoms with Crippen molar-refractivity contribution < 1.29 is 4.79 Å². The molecule has 0 saturated heterocycles. The van der Waals surface area contributed by atoms with Gasteiger partial charge in [0.2, 0.25) is 0 Å². The largest absolute Gasteiger partial charge is 0.338 e. The Balaban J connectivity index is 1.23. The first-order chi connectivity index (χ1) is 13.7. The summed E-state index contributed by atoms with van der Waals surface area (Å²) in [5.41, 5.74) is 2.15. The third-order valence-electron chi connectivity index (χ3n) is 5.28. The van der Waals surface area contributed by atoms with Crippen LogP contribution in [0, 0.1) is 6.92 Å². The molecule has 2 N–H and O–H groups in total. The van der Waals surface area contributed by atoms with Crippen LogP contribution in [-0.2, 0) is 26.1 Å². The van der Waals surface area contributed by atoms with Gasteiger partial charge < -0.3 is 19.8 Å². The molecule has 0 saturated carbocycles. The van der Waals surface area contributed by atoms with Crippen molar-refractivity contribution in [3.63, 3.8) is 0 Å². The van der Waals surface area contributed by atoms with Gasteiger partial charge in [-0.25, -0.2) is 9.78 Å². The van der Waals surface area contributed by atoms with Gasteiger partial charge in [-0.2, -0.15) is 0 Å². The first-order valence-electron chi connectivity index (χ1n) is 10.1. The smallest absolute Gasteiger partial charge is 0.315 e. The van der Waals surface area contributed by atoms with Gasteiger partial charge in [-0.15, -0.1) is 10.2 Å². The van der Waals surface area contributed by atoms with Crippen molar-refractivity contribution in [2.24, 2.45) is 0 Å². The highest BCUT2D eigenvalue weighted by Crippen LogP contribution is 2.16. The molecule has 4 rings (SSSR count). The highest BCUT2D eigenvalue weighted by Gasteiger charge is 2.15. The third-order valence-corrected chi connectivity index (χ3v) is 5.28. The minimum atomic E-state index is -0.168. The fourth-order valence-electron chi connectivity index (χ4n) is 3.82. The predicted molar refractivity (Wildman–Crippen MR) is 107 cm³/mol. The van der Waals surface area contributed by atoms with Crippen LogP contribution in [0.4, 0.5) is 4.79 Å². The molecule has 1 aromatic carbocycles. The van der Waals surface area contributed by atoms with Gasteiger partial charge >= 0.3 is 6.03 Å². The summed E-state index contributed by atoms with van der Waals surface area (Å²) in [4.78, 5) is 16.7. The van der Waals surface area contributed by atoms with Gasteiger partial charge in [-0.05, 0) is 38.3 Å². The lowest BCUT2D eigenvalue weighted by atomic mass is 10.2. The van der Waals surface area contributed by atoms with E-state index in [1.807, 2.05) is 25.1 Å². The number of benzene rings is 1. The second kappa shape index (κ2) is 8.41. The molecule has 28 heavy (non-hydrogen) atoms. The molecule has 0 atom stereocenters. The molecule has 0 bridgehead atoms. The Bertz CT molecular complexity index is 959. The Morgan fingerprint density at radius 1 is 1.14 bits per heavy atom. The van der Waals surface area contributed by atoms with E-state index in [1.54, 1.807) is 0 Å². The van der Waals surface area contributed by atoms with E-state index in [0.717, 1.165) is 67.3 Å². The predicted octanol–water partition coefficient (Wildman–Crippen LogP) is 2.55. The number of carbonyl (C=O) groups excluding carboxylic acids is 1. The maximum absolute atomic E-state index is 12.1. The van der Waals surface area contributed by atoms with Crippen molar-refractivity contribution in [3.05, 3.63) is 41.7 Å². The zero-order valence-corrected chi connectivity index (χ0v) is 16.3. The average Bonchev–Trinajstić information content (AvgIpc) is 3.13. The number of fused-ring (bicyclic) bond motifs is 2. The highest BCUT2D eigenvalue weighted by molar-refractivity contribution is 5.76. The average molecular weight is 381 g/mol. The van der Waals surface area contributed by atoms with Crippen LogP contribution in [0.25, 0.3) is 11.0 Å². The monoisotopic (exact) mass is 381 g/mol. The summed E-state index contributed by atoms with van der Waals surface area (Å²) in [6, 6.07) is 7.96. The van der Waals surface area contributed by atoms with E-state index in [9.17, 15) is 4.79 Å². The van der Waals surface area contributed by atoms with Crippen molar-refractivity contribution in [1.29, 1.82) is 0 Å². The van der Waals surface area contributed by atoms with Gasteiger partial charge in [0.25, 0.3) is 0 Å². The van der Waals surface area contributed by atoms with Crippen LogP contribution in [0.5, 0.6) is 0 Å². The number of rotatable bonds is 6. The molecule has 1 aliphatic rings. The van der Waals surface area contributed by atoms with Crippen LogP contribution < -0.4 is 10.6 Å². The molecule has 8 nitrogen and oxygen atoms in total. The van der Waals surface area contributed by atoms with Gasteiger partial charge in [0.1, 0.15) is 11.6 Å². The molecular formula is C20H27N7O. The number of para-hydroxylation sites is 2.